The molecule has 5 aromatic carbocycles. The number of nitrogens with zero attached hydrogens (tertiary/aromatic N) is 3. The molecule has 11 rings (SSSR count). The van der Waals surface area contributed by atoms with Gasteiger partial charge in [0.25, 0.3) is 0 Å². The van der Waals surface area contributed by atoms with Crippen molar-refractivity contribution in [3.63, 3.8) is 0 Å². The minimum Gasteiger partial charge on any atom is -0.456 e. The fraction of sp³-hybridized carbons (Fsp3) is 0.0909. The van der Waals surface area contributed by atoms with Crippen LogP contribution in [0.4, 0.5) is 0 Å². The highest BCUT2D eigenvalue weighted by Gasteiger charge is 2.30. The standard InChI is InChI=1S/C44H29N3O2/c1-2-11-26(12-3-1)41-43-42(33-15-6-9-19-37(33)49-43)46-44(45-41)47-34-17-7-4-13-31(34)39-30-23-21-27(25-28(30)22-24-35(39)47)29-16-10-20-38-40(29)32-14-5-8-18-36(32)48-38/h1-20,25H,21-24H2. The van der Waals surface area contributed by atoms with Crippen LogP contribution < -0.4 is 0 Å². The van der Waals surface area contributed by atoms with E-state index in [-0.39, 0.29) is 0 Å². The molecule has 0 saturated heterocycles. The Morgan fingerprint density at radius 3 is 2.18 bits per heavy atom. The lowest BCUT2D eigenvalue weighted by atomic mass is 9.79. The van der Waals surface area contributed by atoms with Crippen molar-refractivity contribution >= 4 is 66.1 Å². The number of hydrogen-bond acceptors (Lipinski definition) is 4. The first-order valence-electron chi connectivity index (χ1n) is 17.0. The van der Waals surface area contributed by atoms with Crippen molar-refractivity contribution in [1.82, 2.24) is 14.5 Å². The van der Waals surface area contributed by atoms with Crippen molar-refractivity contribution in [2.75, 3.05) is 0 Å². The molecule has 0 aliphatic heterocycles. The van der Waals surface area contributed by atoms with E-state index in [1.54, 1.807) is 0 Å². The maximum absolute atomic E-state index is 6.42. The van der Waals surface area contributed by atoms with E-state index in [4.69, 9.17) is 18.8 Å². The van der Waals surface area contributed by atoms with E-state index in [2.05, 4.69) is 89.5 Å². The normalized spacial score (nSPS) is 14.7. The molecule has 0 saturated carbocycles. The summed E-state index contributed by atoms with van der Waals surface area (Å²) in [5, 5.41) is 4.65. The molecule has 49 heavy (non-hydrogen) atoms. The molecular formula is C44H29N3O2. The SMILES string of the molecule is C1=C(c2cccc3oc4ccccc4c23)CCC2=C1CCc1c2c2ccccc2n1-c1nc(-c2ccccc2)c2oc3ccccc3c2n1. The molecule has 2 aliphatic carbocycles. The number of hydrogen-bond donors (Lipinski definition) is 0. The third-order valence-corrected chi connectivity index (χ3v) is 10.5. The van der Waals surface area contributed by atoms with E-state index in [1.807, 2.05) is 42.5 Å². The van der Waals surface area contributed by atoms with Gasteiger partial charge in [0.15, 0.2) is 5.58 Å². The van der Waals surface area contributed by atoms with Gasteiger partial charge >= 0.3 is 0 Å². The summed E-state index contributed by atoms with van der Waals surface area (Å²) in [7, 11) is 0. The second-order valence-electron chi connectivity index (χ2n) is 13.1. The molecule has 0 atom stereocenters. The van der Waals surface area contributed by atoms with E-state index < -0.39 is 0 Å². The predicted molar refractivity (Wildman–Crippen MR) is 198 cm³/mol. The van der Waals surface area contributed by atoms with Crippen LogP contribution >= 0.6 is 0 Å². The van der Waals surface area contributed by atoms with E-state index in [9.17, 15) is 0 Å². The Morgan fingerprint density at radius 1 is 0.571 bits per heavy atom. The first-order valence-corrected chi connectivity index (χ1v) is 17.0. The summed E-state index contributed by atoms with van der Waals surface area (Å²) in [6.07, 6.45) is 6.29. The monoisotopic (exact) mass is 631 g/mol. The number of benzene rings is 5. The quantitative estimate of drug-likeness (QED) is 0.195. The smallest absolute Gasteiger partial charge is 0.235 e. The molecule has 0 spiro atoms. The second kappa shape index (κ2) is 10.1. The zero-order chi connectivity index (χ0) is 32.1. The van der Waals surface area contributed by atoms with Gasteiger partial charge in [-0.15, -0.1) is 0 Å². The summed E-state index contributed by atoms with van der Waals surface area (Å²) in [6, 6.07) is 42.1. The van der Waals surface area contributed by atoms with E-state index in [0.717, 1.165) is 75.7 Å². The molecule has 232 valence electrons. The summed E-state index contributed by atoms with van der Waals surface area (Å²) in [5.74, 6) is 0.685. The molecule has 5 nitrogen and oxygen atoms in total. The number of aromatic nitrogens is 3. The van der Waals surface area contributed by atoms with Crippen molar-refractivity contribution in [2.24, 2.45) is 0 Å². The summed E-state index contributed by atoms with van der Waals surface area (Å²) in [6.45, 7) is 0. The molecule has 5 heteroatoms. The highest BCUT2D eigenvalue weighted by atomic mass is 16.3. The van der Waals surface area contributed by atoms with Gasteiger partial charge in [-0.1, -0.05) is 97.1 Å². The Morgan fingerprint density at radius 2 is 1.31 bits per heavy atom. The third kappa shape index (κ3) is 3.87. The average molecular weight is 632 g/mol. The van der Waals surface area contributed by atoms with Crippen LogP contribution in [0.15, 0.2) is 142 Å². The zero-order valence-electron chi connectivity index (χ0n) is 26.6. The fourth-order valence-electron chi connectivity index (χ4n) is 8.37. The van der Waals surface area contributed by atoms with Crippen LogP contribution in [0.5, 0.6) is 0 Å². The van der Waals surface area contributed by atoms with E-state index >= 15 is 0 Å². The molecule has 0 N–H and O–H groups in total. The van der Waals surface area contributed by atoms with Gasteiger partial charge in [0.05, 0.1) is 5.52 Å². The van der Waals surface area contributed by atoms with Crippen molar-refractivity contribution in [3.8, 4) is 17.2 Å². The zero-order valence-corrected chi connectivity index (χ0v) is 26.6. The Bertz CT molecular complexity index is 2880. The molecule has 0 amide bonds. The summed E-state index contributed by atoms with van der Waals surface area (Å²) in [4.78, 5) is 10.6. The molecule has 0 fully saturated rings. The fourth-order valence-corrected chi connectivity index (χ4v) is 8.37. The summed E-state index contributed by atoms with van der Waals surface area (Å²) < 4.78 is 15.0. The Hall–Kier alpha value is -6.20. The van der Waals surface area contributed by atoms with Crippen LogP contribution in [0, 0.1) is 0 Å². The van der Waals surface area contributed by atoms with Gasteiger partial charge in [-0.3, -0.25) is 4.57 Å². The topological polar surface area (TPSA) is 57.0 Å². The molecule has 0 radical (unpaired) electrons. The minimum absolute atomic E-state index is 0.685. The van der Waals surface area contributed by atoms with Gasteiger partial charge in [0.1, 0.15) is 28.0 Å². The number of allylic oxidation sites excluding steroid dienone is 4. The number of furan rings is 2. The minimum atomic E-state index is 0.685. The molecule has 0 unspecified atom stereocenters. The first-order chi connectivity index (χ1) is 24.3. The van der Waals surface area contributed by atoms with Crippen LogP contribution in [0.1, 0.15) is 36.1 Å². The number of para-hydroxylation sites is 3. The van der Waals surface area contributed by atoms with Gasteiger partial charge in [-0.2, -0.15) is 0 Å². The molecule has 2 aliphatic rings. The number of rotatable bonds is 3. The molecular weight excluding hydrogens is 603 g/mol. The average Bonchev–Trinajstić information content (AvgIpc) is 3.84. The summed E-state index contributed by atoms with van der Waals surface area (Å²) >= 11 is 0. The van der Waals surface area contributed by atoms with Crippen LogP contribution in [-0.4, -0.2) is 14.5 Å². The molecule has 4 aromatic heterocycles. The lowest BCUT2D eigenvalue weighted by molar-refractivity contribution is 0.666. The van der Waals surface area contributed by atoms with Gasteiger partial charge in [-0.05, 0) is 78.3 Å². The van der Waals surface area contributed by atoms with Gasteiger partial charge < -0.3 is 8.83 Å². The highest BCUT2D eigenvalue weighted by Crippen LogP contribution is 2.48. The van der Waals surface area contributed by atoms with Crippen LogP contribution in [0.25, 0.3) is 83.3 Å². The lowest BCUT2D eigenvalue weighted by Gasteiger charge is -2.26. The summed E-state index contributed by atoms with van der Waals surface area (Å²) in [5.41, 5.74) is 15.4. The maximum atomic E-state index is 6.42. The highest BCUT2D eigenvalue weighted by molar-refractivity contribution is 6.11. The maximum Gasteiger partial charge on any atom is 0.235 e. The van der Waals surface area contributed by atoms with Gasteiger partial charge in [-0.25, -0.2) is 9.97 Å². The second-order valence-corrected chi connectivity index (χ2v) is 13.1. The Kier molecular flexibility index (Phi) is 5.56. The molecule has 4 heterocycles. The van der Waals surface area contributed by atoms with Crippen LogP contribution in [0.2, 0.25) is 0 Å². The molecule has 9 aromatic rings. The van der Waals surface area contributed by atoms with Crippen LogP contribution in [0.3, 0.4) is 0 Å². The van der Waals surface area contributed by atoms with E-state index in [1.165, 1.54) is 49.7 Å². The Balaban J connectivity index is 1.13. The van der Waals surface area contributed by atoms with Gasteiger partial charge in [0.2, 0.25) is 5.95 Å². The van der Waals surface area contributed by atoms with Crippen molar-refractivity contribution < 1.29 is 8.83 Å². The predicted octanol–water partition coefficient (Wildman–Crippen LogP) is 11.5. The van der Waals surface area contributed by atoms with Crippen molar-refractivity contribution in [1.29, 1.82) is 0 Å². The van der Waals surface area contributed by atoms with E-state index in [0.29, 0.717) is 5.95 Å². The third-order valence-electron chi connectivity index (χ3n) is 10.5. The Labute approximate surface area is 281 Å². The molecule has 0 bridgehead atoms. The van der Waals surface area contributed by atoms with Crippen molar-refractivity contribution in [3.05, 3.63) is 150 Å². The van der Waals surface area contributed by atoms with Crippen LogP contribution in [-0.2, 0) is 6.42 Å². The van der Waals surface area contributed by atoms with Crippen molar-refractivity contribution in [2.45, 2.75) is 25.7 Å². The first kappa shape index (κ1) is 26.8. The largest absolute Gasteiger partial charge is 0.456 e. The van der Waals surface area contributed by atoms with Gasteiger partial charge in [0, 0.05) is 38.4 Å². The number of fused-ring (bicyclic) bond motifs is 10. The lowest BCUT2D eigenvalue weighted by Crippen LogP contribution is -2.12.